The van der Waals surface area contributed by atoms with Crippen LogP contribution >= 0.6 is 0 Å². The fourth-order valence-electron chi connectivity index (χ4n) is 3.31. The molecule has 1 aromatic rings. The first-order valence-electron chi connectivity index (χ1n) is 9.71. The first-order valence-corrected chi connectivity index (χ1v) is 9.71. The van der Waals surface area contributed by atoms with E-state index in [1.807, 2.05) is 26.8 Å². The van der Waals surface area contributed by atoms with Crippen LogP contribution in [0.5, 0.6) is 6.01 Å². The normalized spacial score (nSPS) is 23.6. The summed E-state index contributed by atoms with van der Waals surface area (Å²) in [6.07, 6.45) is 4.87. The summed E-state index contributed by atoms with van der Waals surface area (Å²) < 4.78 is 16.7. The third kappa shape index (κ3) is 6.23. The Hall–Kier alpha value is -2.09. The molecule has 1 aliphatic heterocycles. The van der Waals surface area contributed by atoms with Gasteiger partial charge in [0.25, 0.3) is 0 Å². The van der Waals surface area contributed by atoms with Crippen molar-refractivity contribution in [3.8, 4) is 6.01 Å². The van der Waals surface area contributed by atoms with Crippen molar-refractivity contribution >= 4 is 11.9 Å². The maximum Gasteiger partial charge on any atom is 0.407 e. The summed E-state index contributed by atoms with van der Waals surface area (Å²) in [5, 5.41) is 2.95. The molecule has 0 spiro atoms. The fraction of sp³-hybridized carbons (Fsp3) is 0.737. The van der Waals surface area contributed by atoms with Gasteiger partial charge in [0.2, 0.25) is 0 Å². The third-order valence-electron chi connectivity index (χ3n) is 4.62. The number of hydrogen-bond acceptors (Lipinski definition) is 7. The zero-order chi connectivity index (χ0) is 19.3. The van der Waals surface area contributed by atoms with Gasteiger partial charge in [-0.1, -0.05) is 0 Å². The van der Waals surface area contributed by atoms with E-state index in [1.165, 1.54) is 0 Å². The first kappa shape index (κ1) is 19.7. The predicted molar refractivity (Wildman–Crippen MR) is 101 cm³/mol. The van der Waals surface area contributed by atoms with Crippen molar-refractivity contribution in [3.05, 3.63) is 12.3 Å². The number of hydrogen-bond donors (Lipinski definition) is 1. The molecular formula is C19H30N4O4. The van der Waals surface area contributed by atoms with E-state index in [9.17, 15) is 4.79 Å². The lowest BCUT2D eigenvalue weighted by molar-refractivity contribution is 0.0467. The summed E-state index contributed by atoms with van der Waals surface area (Å²) in [5.74, 6) is 0.878. The van der Waals surface area contributed by atoms with Crippen molar-refractivity contribution in [2.45, 2.75) is 64.2 Å². The summed E-state index contributed by atoms with van der Waals surface area (Å²) >= 11 is 0. The number of amides is 1. The van der Waals surface area contributed by atoms with E-state index in [0.29, 0.717) is 6.01 Å². The smallest absolute Gasteiger partial charge is 0.407 e. The van der Waals surface area contributed by atoms with Crippen LogP contribution in [0.4, 0.5) is 10.6 Å². The quantitative estimate of drug-likeness (QED) is 0.861. The van der Waals surface area contributed by atoms with Gasteiger partial charge in [0, 0.05) is 25.3 Å². The van der Waals surface area contributed by atoms with Crippen LogP contribution in [0, 0.1) is 0 Å². The molecule has 0 unspecified atom stereocenters. The van der Waals surface area contributed by atoms with E-state index in [2.05, 4.69) is 20.2 Å². The van der Waals surface area contributed by atoms with Crippen molar-refractivity contribution in [2.75, 3.05) is 31.2 Å². The number of rotatable bonds is 4. The van der Waals surface area contributed by atoms with Crippen molar-refractivity contribution in [1.29, 1.82) is 0 Å². The molecule has 1 saturated carbocycles. The number of aromatic nitrogens is 2. The Morgan fingerprint density at radius 2 is 1.93 bits per heavy atom. The highest BCUT2D eigenvalue weighted by Crippen LogP contribution is 2.24. The molecule has 3 rings (SSSR count). The molecule has 2 aliphatic rings. The third-order valence-corrected chi connectivity index (χ3v) is 4.62. The largest absolute Gasteiger partial charge is 0.460 e. The molecule has 0 bridgehead atoms. The number of nitrogens with one attached hydrogen (secondary N) is 1. The van der Waals surface area contributed by atoms with Gasteiger partial charge in [-0.05, 0) is 52.5 Å². The van der Waals surface area contributed by atoms with Crippen LogP contribution in [0.3, 0.4) is 0 Å². The topological polar surface area (TPSA) is 85.8 Å². The monoisotopic (exact) mass is 378 g/mol. The summed E-state index contributed by atoms with van der Waals surface area (Å²) in [7, 11) is 0. The van der Waals surface area contributed by atoms with E-state index in [4.69, 9.17) is 14.2 Å². The van der Waals surface area contributed by atoms with Gasteiger partial charge in [0.05, 0.1) is 13.2 Å². The van der Waals surface area contributed by atoms with E-state index < -0.39 is 5.60 Å². The Balaban J connectivity index is 1.46. The maximum atomic E-state index is 11.9. The molecule has 1 amide bonds. The van der Waals surface area contributed by atoms with E-state index in [-0.39, 0.29) is 18.2 Å². The van der Waals surface area contributed by atoms with Gasteiger partial charge in [0.15, 0.2) is 0 Å². The maximum absolute atomic E-state index is 11.9. The number of carbonyl (C=O) groups excluding carboxylic acids is 1. The lowest BCUT2D eigenvalue weighted by atomic mass is 9.93. The SMILES string of the molecule is CC(C)(C)OC(=O)N[C@H]1CC[C@H](Oc2nccc(N3CCOCC3)n2)CC1. The molecule has 0 radical (unpaired) electrons. The zero-order valence-corrected chi connectivity index (χ0v) is 16.4. The lowest BCUT2D eigenvalue weighted by Gasteiger charge is -2.30. The van der Waals surface area contributed by atoms with Crippen molar-refractivity contribution in [2.24, 2.45) is 0 Å². The second-order valence-corrected chi connectivity index (χ2v) is 8.03. The number of alkyl carbamates (subject to hydrolysis) is 1. The highest BCUT2D eigenvalue weighted by atomic mass is 16.6. The standard InChI is InChI=1S/C19H30N4O4/c1-19(2,3)27-18(24)21-14-4-6-15(7-5-14)26-17-20-9-8-16(22-17)23-10-12-25-13-11-23/h8-9,14-15H,4-7,10-13H2,1-3H3,(H,21,24)/t14-,15-. The summed E-state index contributed by atoms with van der Waals surface area (Å²) in [4.78, 5) is 22.9. The van der Waals surface area contributed by atoms with E-state index >= 15 is 0 Å². The molecular weight excluding hydrogens is 348 g/mol. The summed E-state index contributed by atoms with van der Waals surface area (Å²) in [6.45, 7) is 8.69. The van der Waals surface area contributed by atoms with Gasteiger partial charge in [-0.2, -0.15) is 4.98 Å². The van der Waals surface area contributed by atoms with Gasteiger partial charge in [0.1, 0.15) is 17.5 Å². The molecule has 1 aromatic heterocycles. The van der Waals surface area contributed by atoms with Crippen LogP contribution in [0.15, 0.2) is 12.3 Å². The van der Waals surface area contributed by atoms with Gasteiger partial charge < -0.3 is 24.4 Å². The van der Waals surface area contributed by atoms with Gasteiger partial charge in [-0.3, -0.25) is 0 Å². The van der Waals surface area contributed by atoms with Gasteiger partial charge in [-0.15, -0.1) is 0 Å². The van der Waals surface area contributed by atoms with Crippen molar-refractivity contribution < 1.29 is 19.0 Å². The number of morpholine rings is 1. The van der Waals surface area contributed by atoms with E-state index in [1.54, 1.807) is 6.20 Å². The predicted octanol–water partition coefficient (Wildman–Crippen LogP) is 2.53. The molecule has 8 nitrogen and oxygen atoms in total. The minimum atomic E-state index is -0.479. The molecule has 1 aliphatic carbocycles. The van der Waals surface area contributed by atoms with Crippen LogP contribution in [0.1, 0.15) is 46.5 Å². The van der Waals surface area contributed by atoms with Crippen LogP contribution in [-0.2, 0) is 9.47 Å². The minimum Gasteiger partial charge on any atom is -0.460 e. The van der Waals surface area contributed by atoms with Gasteiger partial charge in [-0.25, -0.2) is 9.78 Å². The zero-order valence-electron chi connectivity index (χ0n) is 16.4. The van der Waals surface area contributed by atoms with Crippen LogP contribution in [0.25, 0.3) is 0 Å². The van der Waals surface area contributed by atoms with Crippen LogP contribution < -0.4 is 15.0 Å². The Morgan fingerprint density at radius 1 is 1.22 bits per heavy atom. The molecule has 1 saturated heterocycles. The molecule has 8 heteroatoms. The van der Waals surface area contributed by atoms with E-state index in [0.717, 1.165) is 57.8 Å². The molecule has 2 heterocycles. The molecule has 27 heavy (non-hydrogen) atoms. The molecule has 1 N–H and O–H groups in total. The highest BCUT2D eigenvalue weighted by Gasteiger charge is 2.26. The van der Waals surface area contributed by atoms with Crippen LogP contribution in [-0.4, -0.2) is 60.1 Å². The Morgan fingerprint density at radius 3 is 2.59 bits per heavy atom. The fourth-order valence-corrected chi connectivity index (χ4v) is 3.31. The molecule has 0 atom stereocenters. The Labute approximate surface area is 160 Å². The van der Waals surface area contributed by atoms with Crippen LogP contribution in [0.2, 0.25) is 0 Å². The number of ether oxygens (including phenoxy) is 3. The average Bonchev–Trinajstić information content (AvgIpc) is 2.63. The molecule has 150 valence electrons. The molecule has 2 fully saturated rings. The Bertz CT molecular complexity index is 620. The summed E-state index contributed by atoms with van der Waals surface area (Å²) in [5.41, 5.74) is -0.479. The minimum absolute atomic E-state index is 0.0709. The second-order valence-electron chi connectivity index (χ2n) is 8.03. The Kier molecular flexibility index (Phi) is 6.36. The summed E-state index contributed by atoms with van der Waals surface area (Å²) in [6, 6.07) is 2.45. The van der Waals surface area contributed by atoms with Crippen molar-refractivity contribution in [1.82, 2.24) is 15.3 Å². The average molecular weight is 378 g/mol. The molecule has 0 aromatic carbocycles. The second kappa shape index (κ2) is 8.73. The highest BCUT2D eigenvalue weighted by molar-refractivity contribution is 5.68. The van der Waals surface area contributed by atoms with Gasteiger partial charge >= 0.3 is 12.1 Å². The number of anilines is 1. The number of carbonyl (C=O) groups is 1. The lowest BCUT2D eigenvalue weighted by Crippen LogP contribution is -2.42. The first-order chi connectivity index (χ1) is 12.9. The van der Waals surface area contributed by atoms with Crippen molar-refractivity contribution in [3.63, 3.8) is 0 Å². The number of nitrogens with zero attached hydrogens (tertiary/aromatic N) is 3.